The first-order chi connectivity index (χ1) is 11.8. The van der Waals surface area contributed by atoms with Gasteiger partial charge in [0, 0.05) is 43.4 Å². The Balaban J connectivity index is 1.48. The summed E-state index contributed by atoms with van der Waals surface area (Å²) >= 11 is 0. The highest BCUT2D eigenvalue weighted by Gasteiger charge is 2.44. The van der Waals surface area contributed by atoms with Gasteiger partial charge in [0.1, 0.15) is 5.60 Å². The van der Waals surface area contributed by atoms with E-state index in [-0.39, 0.29) is 11.5 Å². The second kappa shape index (κ2) is 6.16. The van der Waals surface area contributed by atoms with Gasteiger partial charge in [0.25, 0.3) is 5.91 Å². The number of nitrogens with zero attached hydrogens (tertiary/aromatic N) is 5. The minimum absolute atomic E-state index is 0.0333. The lowest BCUT2D eigenvalue weighted by molar-refractivity contribution is -0.0462. The highest BCUT2D eigenvalue weighted by atomic mass is 16.5. The van der Waals surface area contributed by atoms with Crippen molar-refractivity contribution in [2.45, 2.75) is 12.0 Å². The van der Waals surface area contributed by atoms with E-state index in [0.29, 0.717) is 31.8 Å². The molecule has 1 unspecified atom stereocenters. The lowest BCUT2D eigenvalue weighted by atomic mass is 10.0. The molecule has 4 rings (SSSR count). The Bertz CT molecular complexity index is 711. The summed E-state index contributed by atoms with van der Waals surface area (Å²) in [5, 5.41) is 0. The van der Waals surface area contributed by atoms with E-state index >= 15 is 0 Å². The molecule has 2 aromatic rings. The Kier molecular flexibility index (Phi) is 3.86. The maximum atomic E-state index is 12.6. The molecule has 2 aliphatic rings. The topological polar surface area (TPSA) is 71.5 Å². The van der Waals surface area contributed by atoms with Gasteiger partial charge in [0.05, 0.1) is 19.7 Å². The molecule has 24 heavy (non-hydrogen) atoms. The Morgan fingerprint density at radius 1 is 1.08 bits per heavy atom. The van der Waals surface area contributed by atoms with Crippen molar-refractivity contribution in [3.05, 3.63) is 48.5 Å². The van der Waals surface area contributed by atoms with Gasteiger partial charge in [-0.1, -0.05) is 0 Å². The number of ether oxygens (including phenoxy) is 1. The fourth-order valence-corrected chi connectivity index (χ4v) is 3.41. The number of amides is 1. The van der Waals surface area contributed by atoms with Crippen molar-refractivity contribution < 1.29 is 9.53 Å². The van der Waals surface area contributed by atoms with E-state index in [1.807, 2.05) is 11.0 Å². The van der Waals surface area contributed by atoms with Crippen LogP contribution in [0.5, 0.6) is 0 Å². The van der Waals surface area contributed by atoms with Gasteiger partial charge in [0.15, 0.2) is 0 Å². The molecule has 1 spiro atoms. The van der Waals surface area contributed by atoms with Crippen LogP contribution >= 0.6 is 0 Å². The summed E-state index contributed by atoms with van der Waals surface area (Å²) in [5.74, 6) is 0.755. The summed E-state index contributed by atoms with van der Waals surface area (Å²) in [4.78, 5) is 29.3. The summed E-state index contributed by atoms with van der Waals surface area (Å²) in [5.41, 5.74) is 0.335. The molecule has 7 heteroatoms. The van der Waals surface area contributed by atoms with Crippen LogP contribution in [0.2, 0.25) is 0 Å². The van der Waals surface area contributed by atoms with E-state index in [4.69, 9.17) is 4.74 Å². The summed E-state index contributed by atoms with van der Waals surface area (Å²) in [7, 11) is 0. The quantitative estimate of drug-likeness (QED) is 0.820. The number of aromatic nitrogens is 3. The molecule has 1 amide bonds. The Morgan fingerprint density at radius 2 is 1.88 bits per heavy atom. The maximum absolute atomic E-state index is 12.6. The van der Waals surface area contributed by atoms with Crippen molar-refractivity contribution in [3.63, 3.8) is 0 Å². The molecule has 4 heterocycles. The van der Waals surface area contributed by atoms with Gasteiger partial charge >= 0.3 is 0 Å². The smallest absolute Gasteiger partial charge is 0.254 e. The fourth-order valence-electron chi connectivity index (χ4n) is 3.41. The monoisotopic (exact) mass is 325 g/mol. The minimum atomic E-state index is -0.333. The van der Waals surface area contributed by atoms with Crippen molar-refractivity contribution in [1.82, 2.24) is 19.9 Å². The van der Waals surface area contributed by atoms with Gasteiger partial charge in [-0.25, -0.2) is 9.97 Å². The van der Waals surface area contributed by atoms with Gasteiger partial charge in [-0.2, -0.15) is 0 Å². The van der Waals surface area contributed by atoms with Crippen LogP contribution in [0.3, 0.4) is 0 Å². The van der Waals surface area contributed by atoms with E-state index in [1.165, 1.54) is 0 Å². The number of likely N-dealkylation sites (tertiary alicyclic amines) is 1. The maximum Gasteiger partial charge on any atom is 0.254 e. The lowest BCUT2D eigenvalue weighted by Crippen LogP contribution is -2.54. The molecule has 124 valence electrons. The number of carbonyl (C=O) groups is 1. The fraction of sp³-hybridized carbons (Fsp3) is 0.412. The van der Waals surface area contributed by atoms with Gasteiger partial charge in [-0.05, 0) is 24.6 Å². The standard InChI is InChI=1S/C17H19N5O2/c23-15(14-2-7-18-8-3-14)21-9-4-17(12-21)13-22(10-11-24-17)16-19-5-1-6-20-16/h1-3,5-8H,4,9-13H2. The Labute approximate surface area is 140 Å². The third-order valence-corrected chi connectivity index (χ3v) is 4.61. The van der Waals surface area contributed by atoms with Gasteiger partial charge in [0.2, 0.25) is 5.95 Å². The highest BCUT2D eigenvalue weighted by Crippen LogP contribution is 2.31. The Morgan fingerprint density at radius 3 is 2.67 bits per heavy atom. The first kappa shape index (κ1) is 15.0. The first-order valence-corrected chi connectivity index (χ1v) is 8.11. The van der Waals surface area contributed by atoms with Crippen LogP contribution in [0.15, 0.2) is 43.0 Å². The highest BCUT2D eigenvalue weighted by molar-refractivity contribution is 5.94. The van der Waals surface area contributed by atoms with Crippen molar-refractivity contribution in [2.75, 3.05) is 37.7 Å². The predicted molar refractivity (Wildman–Crippen MR) is 87.7 cm³/mol. The number of rotatable bonds is 2. The number of carbonyl (C=O) groups excluding carboxylic acids is 1. The SMILES string of the molecule is O=C(c1ccncc1)N1CCC2(C1)CN(c1ncccn1)CCO2. The lowest BCUT2D eigenvalue weighted by Gasteiger charge is -2.40. The zero-order valence-electron chi connectivity index (χ0n) is 13.3. The van der Waals surface area contributed by atoms with Crippen LogP contribution in [-0.4, -0.2) is 64.1 Å². The zero-order valence-corrected chi connectivity index (χ0v) is 13.3. The summed E-state index contributed by atoms with van der Waals surface area (Å²) in [6.07, 6.45) is 7.61. The number of hydrogen-bond donors (Lipinski definition) is 0. The predicted octanol–water partition coefficient (Wildman–Crippen LogP) is 0.993. The second-order valence-corrected chi connectivity index (χ2v) is 6.21. The third kappa shape index (κ3) is 2.82. The average Bonchev–Trinajstić information content (AvgIpc) is 3.06. The van der Waals surface area contributed by atoms with E-state index < -0.39 is 0 Å². The molecule has 2 aliphatic heterocycles. The molecular formula is C17H19N5O2. The average molecular weight is 325 g/mol. The second-order valence-electron chi connectivity index (χ2n) is 6.21. The molecule has 0 aliphatic carbocycles. The van der Waals surface area contributed by atoms with Crippen LogP contribution in [0.1, 0.15) is 16.8 Å². The molecule has 7 nitrogen and oxygen atoms in total. The van der Waals surface area contributed by atoms with Gasteiger partial charge < -0.3 is 14.5 Å². The van der Waals surface area contributed by atoms with Crippen LogP contribution in [0.4, 0.5) is 5.95 Å². The summed E-state index contributed by atoms with van der Waals surface area (Å²) in [6, 6.07) is 5.31. The van der Waals surface area contributed by atoms with E-state index in [1.54, 1.807) is 36.9 Å². The largest absolute Gasteiger partial charge is 0.369 e. The normalized spacial score (nSPS) is 23.7. The van der Waals surface area contributed by atoms with E-state index in [9.17, 15) is 4.79 Å². The van der Waals surface area contributed by atoms with Gasteiger partial charge in [-0.3, -0.25) is 9.78 Å². The number of pyridine rings is 1. The summed E-state index contributed by atoms with van der Waals surface area (Å²) < 4.78 is 6.09. The minimum Gasteiger partial charge on any atom is -0.369 e. The number of hydrogen-bond acceptors (Lipinski definition) is 6. The molecule has 0 bridgehead atoms. The number of morpholine rings is 1. The molecule has 2 aromatic heterocycles. The van der Waals surface area contributed by atoms with Crippen LogP contribution < -0.4 is 4.90 Å². The van der Waals surface area contributed by atoms with Crippen LogP contribution in [0.25, 0.3) is 0 Å². The van der Waals surface area contributed by atoms with E-state index in [2.05, 4.69) is 19.9 Å². The van der Waals surface area contributed by atoms with Crippen LogP contribution in [0, 0.1) is 0 Å². The van der Waals surface area contributed by atoms with Crippen molar-refractivity contribution in [1.29, 1.82) is 0 Å². The van der Waals surface area contributed by atoms with Gasteiger partial charge in [-0.15, -0.1) is 0 Å². The van der Waals surface area contributed by atoms with Crippen molar-refractivity contribution in [2.24, 2.45) is 0 Å². The molecule has 2 saturated heterocycles. The molecule has 0 N–H and O–H groups in total. The third-order valence-electron chi connectivity index (χ3n) is 4.61. The number of anilines is 1. The molecule has 1 atom stereocenters. The van der Waals surface area contributed by atoms with Crippen molar-refractivity contribution >= 4 is 11.9 Å². The molecule has 0 saturated carbocycles. The molecule has 0 aromatic carbocycles. The molecular weight excluding hydrogens is 306 g/mol. The van der Waals surface area contributed by atoms with Crippen molar-refractivity contribution in [3.8, 4) is 0 Å². The first-order valence-electron chi connectivity index (χ1n) is 8.11. The zero-order chi connectivity index (χ0) is 16.4. The van der Waals surface area contributed by atoms with E-state index in [0.717, 1.165) is 18.9 Å². The summed E-state index contributed by atoms with van der Waals surface area (Å²) in [6.45, 7) is 3.39. The molecule has 2 fully saturated rings. The molecule has 0 radical (unpaired) electrons. The van der Waals surface area contributed by atoms with Crippen LogP contribution in [-0.2, 0) is 4.74 Å². The Hall–Kier alpha value is -2.54.